The maximum Gasteiger partial charge on any atom is 0.414 e. The Morgan fingerprint density at radius 2 is 2.03 bits per heavy atom. The molecule has 2 N–H and O–H groups in total. The molecule has 0 spiro atoms. The summed E-state index contributed by atoms with van der Waals surface area (Å²) in [6, 6.07) is 4.81. The van der Waals surface area contributed by atoms with E-state index in [1.807, 2.05) is 11.8 Å². The van der Waals surface area contributed by atoms with E-state index >= 15 is 0 Å². The van der Waals surface area contributed by atoms with Crippen molar-refractivity contribution in [3.8, 4) is 0 Å². The molecule has 2 saturated heterocycles. The van der Waals surface area contributed by atoms with Crippen LogP contribution in [-0.2, 0) is 9.53 Å². The molecule has 2 aliphatic rings. The van der Waals surface area contributed by atoms with Crippen LogP contribution in [0.2, 0.25) is 0 Å². The number of ether oxygens (including phenoxy) is 1. The fourth-order valence-electron chi connectivity index (χ4n) is 3.63. The van der Waals surface area contributed by atoms with E-state index in [4.69, 9.17) is 4.74 Å². The Labute approximate surface area is 177 Å². The number of carbonyl (C=O) groups excluding carboxylic acids is 2. The van der Waals surface area contributed by atoms with Crippen LogP contribution in [0.15, 0.2) is 18.2 Å². The molecule has 11 heteroatoms. The highest BCUT2D eigenvalue weighted by atomic mass is 32.1. The van der Waals surface area contributed by atoms with E-state index in [1.54, 1.807) is 12.1 Å². The molecule has 1 aromatic carbocycles. The third-order valence-corrected chi connectivity index (χ3v) is 6.06. The van der Waals surface area contributed by atoms with E-state index in [0.717, 1.165) is 24.0 Å². The van der Waals surface area contributed by atoms with E-state index < -0.39 is 12.2 Å². The van der Waals surface area contributed by atoms with Crippen LogP contribution in [0.1, 0.15) is 12.7 Å². The Morgan fingerprint density at radius 1 is 1.30 bits per heavy atom. The minimum atomic E-state index is -0.523. The molecule has 0 bridgehead atoms. The topological polar surface area (TPSA) is 95.5 Å². The van der Waals surface area contributed by atoms with E-state index in [0.29, 0.717) is 37.6 Å². The molecule has 2 amide bonds. The number of anilines is 3. The van der Waals surface area contributed by atoms with Gasteiger partial charge >= 0.3 is 12.0 Å². The lowest BCUT2D eigenvalue weighted by atomic mass is 10.2. The first-order valence-electron chi connectivity index (χ1n) is 9.82. The molecule has 2 aromatic rings. The SMILES string of the molecule is CC(=O)[NH2+]C[C@H]1CN(c2ccc(N3CCN(c4nc(C)ns4)CC3)c(F)c2)C(=O)O1. The van der Waals surface area contributed by atoms with Crippen LogP contribution in [0.25, 0.3) is 0 Å². The molecule has 160 valence electrons. The lowest BCUT2D eigenvalue weighted by Gasteiger charge is -2.36. The average molecular weight is 436 g/mol. The summed E-state index contributed by atoms with van der Waals surface area (Å²) in [7, 11) is 0. The number of carbonyl (C=O) groups is 2. The van der Waals surface area contributed by atoms with Crippen LogP contribution in [0, 0.1) is 12.7 Å². The van der Waals surface area contributed by atoms with Crippen molar-refractivity contribution in [3.63, 3.8) is 0 Å². The first-order chi connectivity index (χ1) is 14.4. The quantitative estimate of drug-likeness (QED) is 0.740. The summed E-state index contributed by atoms with van der Waals surface area (Å²) in [5, 5.41) is 2.39. The predicted molar refractivity (Wildman–Crippen MR) is 111 cm³/mol. The van der Waals surface area contributed by atoms with Gasteiger partial charge in [0.25, 0.3) is 0 Å². The predicted octanol–water partition coefficient (Wildman–Crippen LogP) is 0.747. The zero-order valence-electron chi connectivity index (χ0n) is 16.9. The molecular formula is C19H24FN6O3S+. The summed E-state index contributed by atoms with van der Waals surface area (Å²) in [5.41, 5.74) is 0.968. The van der Waals surface area contributed by atoms with Gasteiger partial charge in [0.05, 0.1) is 24.8 Å². The van der Waals surface area contributed by atoms with Gasteiger partial charge in [0.2, 0.25) is 5.13 Å². The smallest absolute Gasteiger partial charge is 0.414 e. The molecular weight excluding hydrogens is 411 g/mol. The normalized spacial score (nSPS) is 19.4. The Bertz CT molecular complexity index is 946. The van der Waals surface area contributed by atoms with E-state index in [1.165, 1.54) is 34.7 Å². The second-order valence-electron chi connectivity index (χ2n) is 7.40. The minimum absolute atomic E-state index is 0.0683. The van der Waals surface area contributed by atoms with Crippen molar-refractivity contribution in [1.82, 2.24) is 9.36 Å². The molecule has 0 unspecified atom stereocenters. The number of benzene rings is 1. The molecule has 0 radical (unpaired) electrons. The van der Waals surface area contributed by atoms with Crippen molar-refractivity contribution in [1.29, 1.82) is 0 Å². The van der Waals surface area contributed by atoms with Gasteiger partial charge in [-0.3, -0.25) is 10.2 Å². The van der Waals surface area contributed by atoms with Crippen molar-refractivity contribution in [3.05, 3.63) is 29.8 Å². The van der Waals surface area contributed by atoms with Gasteiger partial charge in [0.1, 0.15) is 18.2 Å². The molecule has 1 atom stereocenters. The van der Waals surface area contributed by atoms with Gasteiger partial charge in [-0.2, -0.15) is 4.37 Å². The number of hydrogen-bond acceptors (Lipinski definition) is 8. The van der Waals surface area contributed by atoms with Crippen LogP contribution in [0.4, 0.5) is 25.7 Å². The maximum atomic E-state index is 14.9. The Morgan fingerprint density at radius 3 is 2.67 bits per heavy atom. The number of rotatable bonds is 5. The summed E-state index contributed by atoms with van der Waals surface area (Å²) in [6.07, 6.45) is -0.925. The summed E-state index contributed by atoms with van der Waals surface area (Å²) in [6.45, 7) is 6.79. The molecule has 1 aromatic heterocycles. The van der Waals surface area contributed by atoms with Crippen molar-refractivity contribution < 1.29 is 24.0 Å². The van der Waals surface area contributed by atoms with Crippen molar-refractivity contribution in [2.75, 3.05) is 54.0 Å². The lowest BCUT2D eigenvalue weighted by Crippen LogP contribution is -2.89. The van der Waals surface area contributed by atoms with Gasteiger partial charge in [0, 0.05) is 37.7 Å². The van der Waals surface area contributed by atoms with E-state index in [-0.39, 0.29) is 11.7 Å². The molecule has 9 nitrogen and oxygen atoms in total. The first kappa shape index (κ1) is 20.5. The van der Waals surface area contributed by atoms with E-state index in [2.05, 4.69) is 14.3 Å². The molecule has 3 heterocycles. The number of primary amides is 1. The number of cyclic esters (lactones) is 1. The highest BCUT2D eigenvalue weighted by Gasteiger charge is 2.34. The number of aromatic nitrogens is 2. The van der Waals surface area contributed by atoms with E-state index in [9.17, 15) is 14.0 Å². The standard InChI is InChI=1S/C19H23FN6O3S/c1-12-22-18(30-23-12)25-7-5-24(6-8-25)17-4-3-14(9-16(17)20)26-11-15(29-19(26)28)10-21-13(2)27/h3-4,9,15H,5-8,10-11H2,1-2H3,(H,21,27)/p+1/t15-/m0/s1. The Kier molecular flexibility index (Phi) is 5.82. The number of quaternary nitrogens is 1. The number of halogens is 1. The second kappa shape index (κ2) is 8.52. The highest BCUT2D eigenvalue weighted by molar-refractivity contribution is 7.09. The fraction of sp³-hybridized carbons (Fsp3) is 0.474. The maximum absolute atomic E-state index is 14.9. The minimum Gasteiger partial charge on any atom is -0.438 e. The second-order valence-corrected chi connectivity index (χ2v) is 8.13. The van der Waals surface area contributed by atoms with Gasteiger partial charge in [-0.05, 0) is 25.1 Å². The van der Waals surface area contributed by atoms with Crippen LogP contribution < -0.4 is 20.0 Å². The van der Waals surface area contributed by atoms with Gasteiger partial charge < -0.3 is 14.5 Å². The summed E-state index contributed by atoms with van der Waals surface area (Å²) < 4.78 is 24.4. The third kappa shape index (κ3) is 4.36. The van der Waals surface area contributed by atoms with Gasteiger partial charge in [-0.1, -0.05) is 0 Å². The van der Waals surface area contributed by atoms with Crippen molar-refractivity contribution in [2.24, 2.45) is 0 Å². The molecule has 0 saturated carbocycles. The summed E-state index contributed by atoms with van der Waals surface area (Å²) in [5.74, 6) is 0.321. The average Bonchev–Trinajstić information content (AvgIpc) is 3.32. The van der Waals surface area contributed by atoms with Crippen molar-refractivity contribution in [2.45, 2.75) is 20.0 Å². The lowest BCUT2D eigenvalue weighted by molar-refractivity contribution is -0.573. The molecule has 2 fully saturated rings. The fourth-order valence-corrected chi connectivity index (χ4v) is 4.35. The van der Waals surface area contributed by atoms with Crippen molar-refractivity contribution >= 4 is 40.0 Å². The first-order valence-corrected chi connectivity index (χ1v) is 10.6. The Balaban J connectivity index is 1.39. The number of aryl methyl sites for hydroxylation is 1. The molecule has 30 heavy (non-hydrogen) atoms. The third-order valence-electron chi connectivity index (χ3n) is 5.19. The summed E-state index contributed by atoms with van der Waals surface area (Å²) in [4.78, 5) is 33.2. The Hall–Kier alpha value is -2.79. The molecule has 0 aliphatic carbocycles. The monoisotopic (exact) mass is 435 g/mol. The molecule has 4 rings (SSSR count). The zero-order valence-corrected chi connectivity index (χ0v) is 17.7. The largest absolute Gasteiger partial charge is 0.438 e. The number of nitrogens with two attached hydrogens (primary N) is 1. The highest BCUT2D eigenvalue weighted by Crippen LogP contribution is 2.29. The molecule has 2 aliphatic heterocycles. The summed E-state index contributed by atoms with van der Waals surface area (Å²) >= 11 is 1.38. The number of piperazine rings is 1. The number of amides is 2. The van der Waals surface area contributed by atoms with Gasteiger partial charge in [-0.15, -0.1) is 0 Å². The zero-order chi connectivity index (χ0) is 21.3. The van der Waals surface area contributed by atoms with Gasteiger partial charge in [0.15, 0.2) is 6.10 Å². The van der Waals surface area contributed by atoms with Crippen LogP contribution in [-0.4, -0.2) is 66.7 Å². The van der Waals surface area contributed by atoms with Crippen LogP contribution >= 0.6 is 11.5 Å². The van der Waals surface area contributed by atoms with Gasteiger partial charge in [-0.25, -0.2) is 19.0 Å². The van der Waals surface area contributed by atoms with Crippen LogP contribution in [0.5, 0.6) is 0 Å². The van der Waals surface area contributed by atoms with Crippen LogP contribution in [0.3, 0.4) is 0 Å². The number of hydrogen-bond donors (Lipinski definition) is 1. The number of nitrogens with zero attached hydrogens (tertiary/aromatic N) is 5.